The van der Waals surface area contributed by atoms with Crippen molar-refractivity contribution in [1.29, 1.82) is 0 Å². The topological polar surface area (TPSA) is 103 Å². The fourth-order valence-corrected chi connectivity index (χ4v) is 2.28. The highest BCUT2D eigenvalue weighted by molar-refractivity contribution is 5.81. The highest BCUT2D eigenvalue weighted by atomic mass is 16.6. The molecule has 0 aromatic heterocycles. The second-order valence-electron chi connectivity index (χ2n) is 5.68. The molecule has 8 nitrogen and oxygen atoms in total. The third kappa shape index (κ3) is 7.36. The van der Waals surface area contributed by atoms with Crippen molar-refractivity contribution in [3.05, 3.63) is 66.2 Å². The van der Waals surface area contributed by atoms with Crippen LogP contribution >= 0.6 is 0 Å². The van der Waals surface area contributed by atoms with Gasteiger partial charge in [-0.05, 0) is 17.7 Å². The summed E-state index contributed by atoms with van der Waals surface area (Å²) in [5.74, 6) is -0.227. The molecule has 0 saturated carbocycles. The van der Waals surface area contributed by atoms with E-state index in [1.54, 1.807) is 30.3 Å². The molecular formula is C20H22N2O6. The molecule has 2 aromatic carbocycles. The van der Waals surface area contributed by atoms with Crippen molar-refractivity contribution in [1.82, 2.24) is 10.6 Å². The van der Waals surface area contributed by atoms with Crippen LogP contribution in [0.1, 0.15) is 5.56 Å². The summed E-state index contributed by atoms with van der Waals surface area (Å²) in [4.78, 5) is 35.5. The van der Waals surface area contributed by atoms with Crippen LogP contribution in [0.2, 0.25) is 0 Å². The van der Waals surface area contributed by atoms with Crippen LogP contribution in [0.4, 0.5) is 9.59 Å². The highest BCUT2D eigenvalue weighted by Gasteiger charge is 2.23. The molecule has 0 aliphatic heterocycles. The number of benzene rings is 2. The van der Waals surface area contributed by atoms with Crippen molar-refractivity contribution < 1.29 is 28.6 Å². The van der Waals surface area contributed by atoms with Gasteiger partial charge in [0.1, 0.15) is 18.4 Å². The van der Waals surface area contributed by atoms with Crippen LogP contribution in [0.3, 0.4) is 0 Å². The molecule has 0 aliphatic carbocycles. The van der Waals surface area contributed by atoms with Crippen molar-refractivity contribution in [2.75, 3.05) is 20.3 Å². The van der Waals surface area contributed by atoms with Crippen LogP contribution in [0.5, 0.6) is 5.75 Å². The van der Waals surface area contributed by atoms with Crippen LogP contribution in [-0.2, 0) is 20.7 Å². The molecule has 0 fully saturated rings. The fraction of sp³-hybridized carbons (Fsp3) is 0.250. The number of carbonyl (C=O) groups is 3. The lowest BCUT2D eigenvalue weighted by atomic mass is 10.1. The van der Waals surface area contributed by atoms with Gasteiger partial charge in [-0.25, -0.2) is 14.4 Å². The lowest BCUT2D eigenvalue weighted by molar-refractivity contribution is -0.145. The van der Waals surface area contributed by atoms with Crippen molar-refractivity contribution >= 4 is 18.2 Å². The Bertz CT molecular complexity index is 767. The number of methoxy groups -OCH3 is 1. The Morgan fingerprint density at radius 3 is 2.21 bits per heavy atom. The quantitative estimate of drug-likeness (QED) is 0.533. The van der Waals surface area contributed by atoms with Crippen molar-refractivity contribution in [2.45, 2.75) is 12.5 Å². The lowest BCUT2D eigenvalue weighted by Crippen LogP contribution is -2.44. The van der Waals surface area contributed by atoms with Crippen LogP contribution in [-0.4, -0.2) is 44.5 Å². The summed E-state index contributed by atoms with van der Waals surface area (Å²) in [6, 6.07) is 16.8. The van der Waals surface area contributed by atoms with E-state index in [-0.39, 0.29) is 19.6 Å². The van der Waals surface area contributed by atoms with Gasteiger partial charge in [0.25, 0.3) is 0 Å². The number of esters is 1. The zero-order valence-electron chi connectivity index (χ0n) is 15.4. The molecule has 0 radical (unpaired) electrons. The number of carbonyl (C=O) groups excluding carboxylic acids is 3. The van der Waals surface area contributed by atoms with Gasteiger partial charge in [0.05, 0.1) is 13.7 Å². The molecular weight excluding hydrogens is 364 g/mol. The van der Waals surface area contributed by atoms with Gasteiger partial charge in [0, 0.05) is 6.42 Å². The number of ether oxygens (including phenoxy) is 3. The average Bonchev–Trinajstić information content (AvgIpc) is 2.72. The molecule has 2 N–H and O–H groups in total. The molecule has 0 spiro atoms. The highest BCUT2D eigenvalue weighted by Crippen LogP contribution is 2.08. The maximum atomic E-state index is 12.3. The van der Waals surface area contributed by atoms with Crippen LogP contribution in [0.25, 0.3) is 0 Å². The number of hydrogen-bond acceptors (Lipinski definition) is 6. The first-order chi connectivity index (χ1) is 13.6. The van der Waals surface area contributed by atoms with E-state index in [4.69, 9.17) is 9.47 Å². The first-order valence-electron chi connectivity index (χ1n) is 8.64. The first-order valence-corrected chi connectivity index (χ1v) is 8.64. The summed E-state index contributed by atoms with van der Waals surface area (Å²) in [7, 11) is 1.21. The second-order valence-corrected chi connectivity index (χ2v) is 5.68. The van der Waals surface area contributed by atoms with Gasteiger partial charge >= 0.3 is 18.2 Å². The van der Waals surface area contributed by atoms with Crippen molar-refractivity contribution in [2.24, 2.45) is 0 Å². The summed E-state index contributed by atoms with van der Waals surface area (Å²) in [6.45, 7) is -0.00937. The Morgan fingerprint density at radius 1 is 0.929 bits per heavy atom. The Labute approximate surface area is 162 Å². The number of amides is 2. The molecule has 148 valence electrons. The van der Waals surface area contributed by atoms with E-state index in [1.165, 1.54) is 7.11 Å². The van der Waals surface area contributed by atoms with E-state index in [0.717, 1.165) is 5.56 Å². The van der Waals surface area contributed by atoms with Gasteiger partial charge in [-0.15, -0.1) is 0 Å². The number of hydrogen-bond donors (Lipinski definition) is 2. The predicted molar refractivity (Wildman–Crippen MR) is 101 cm³/mol. The van der Waals surface area contributed by atoms with Crippen LogP contribution in [0.15, 0.2) is 60.7 Å². The molecule has 0 saturated heterocycles. The van der Waals surface area contributed by atoms with E-state index in [9.17, 15) is 14.4 Å². The van der Waals surface area contributed by atoms with Gasteiger partial charge in [-0.3, -0.25) is 0 Å². The minimum absolute atomic E-state index is 0.0632. The van der Waals surface area contributed by atoms with Crippen molar-refractivity contribution in [3.8, 4) is 5.75 Å². The smallest absolute Gasteiger partial charge is 0.412 e. The third-order valence-electron chi connectivity index (χ3n) is 3.61. The maximum Gasteiger partial charge on any atom is 0.412 e. The van der Waals surface area contributed by atoms with E-state index >= 15 is 0 Å². The van der Waals surface area contributed by atoms with E-state index in [1.807, 2.05) is 30.3 Å². The lowest BCUT2D eigenvalue weighted by Gasteiger charge is -2.17. The molecule has 2 rings (SSSR count). The molecule has 1 unspecified atom stereocenters. The number of alkyl carbamates (subject to hydrolysis) is 1. The largest absolute Gasteiger partial charge is 0.462 e. The molecule has 2 aromatic rings. The molecule has 8 heteroatoms. The van der Waals surface area contributed by atoms with E-state index < -0.39 is 24.2 Å². The Kier molecular flexibility index (Phi) is 8.32. The number of rotatable bonds is 8. The molecule has 1 atom stereocenters. The predicted octanol–water partition coefficient (Wildman–Crippen LogP) is 2.29. The number of nitrogens with one attached hydrogen (secondary N) is 2. The molecule has 0 aliphatic rings. The number of para-hydroxylation sites is 1. The molecule has 0 bridgehead atoms. The normalized spacial score (nSPS) is 11.0. The van der Waals surface area contributed by atoms with Crippen LogP contribution in [0, 0.1) is 0 Å². The average molecular weight is 386 g/mol. The standard InChI is InChI=1S/C20H22N2O6/c1-26-20(25)22-17(14-15-8-4-2-5-9-15)18(23)27-13-12-21-19(24)28-16-10-6-3-7-11-16/h2-11,17H,12-14H2,1H3,(H,21,24)(H,22,25). The summed E-state index contributed by atoms with van der Waals surface area (Å²) < 4.78 is 14.7. The molecule has 28 heavy (non-hydrogen) atoms. The van der Waals surface area contributed by atoms with Crippen molar-refractivity contribution in [3.63, 3.8) is 0 Å². The zero-order valence-corrected chi connectivity index (χ0v) is 15.4. The van der Waals surface area contributed by atoms with E-state index in [2.05, 4.69) is 15.4 Å². The van der Waals surface area contributed by atoms with Crippen LogP contribution < -0.4 is 15.4 Å². The minimum atomic E-state index is -0.911. The first kappa shape index (κ1) is 20.8. The molecule has 0 heterocycles. The van der Waals surface area contributed by atoms with Gasteiger partial charge in [-0.2, -0.15) is 0 Å². The molecule has 2 amide bonds. The van der Waals surface area contributed by atoms with Gasteiger partial charge in [0.2, 0.25) is 0 Å². The summed E-state index contributed by atoms with van der Waals surface area (Å²) in [5.41, 5.74) is 0.852. The van der Waals surface area contributed by atoms with Gasteiger partial charge < -0.3 is 24.8 Å². The monoisotopic (exact) mass is 386 g/mol. The third-order valence-corrected chi connectivity index (χ3v) is 3.61. The SMILES string of the molecule is COC(=O)NC(Cc1ccccc1)C(=O)OCCNC(=O)Oc1ccccc1. The Hall–Kier alpha value is -3.55. The second kappa shape index (κ2) is 11.2. The summed E-state index contributed by atoms with van der Waals surface area (Å²) in [5, 5.41) is 4.93. The zero-order chi connectivity index (χ0) is 20.2. The summed E-state index contributed by atoms with van der Waals surface area (Å²) >= 11 is 0. The maximum absolute atomic E-state index is 12.3. The van der Waals surface area contributed by atoms with E-state index in [0.29, 0.717) is 5.75 Å². The van der Waals surface area contributed by atoms with Gasteiger partial charge in [0.15, 0.2) is 0 Å². The fourth-order valence-electron chi connectivity index (χ4n) is 2.28. The Morgan fingerprint density at radius 2 is 1.57 bits per heavy atom. The van der Waals surface area contributed by atoms with Gasteiger partial charge in [-0.1, -0.05) is 48.5 Å². The summed E-state index contributed by atoms with van der Waals surface area (Å²) in [6.07, 6.45) is -1.14. The minimum Gasteiger partial charge on any atom is -0.462 e. The Balaban J connectivity index is 1.78.